The van der Waals surface area contributed by atoms with Crippen molar-refractivity contribution in [3.05, 3.63) is 33.8 Å². The molecule has 0 spiro atoms. The van der Waals surface area contributed by atoms with Gasteiger partial charge in [0.2, 0.25) is 0 Å². The summed E-state index contributed by atoms with van der Waals surface area (Å²) in [5.74, 6) is 0. The highest BCUT2D eigenvalue weighted by atomic mass is 35.5. The first kappa shape index (κ1) is 15.2. The highest BCUT2D eigenvalue weighted by molar-refractivity contribution is 6.36. The van der Waals surface area contributed by atoms with Gasteiger partial charge in [0.15, 0.2) is 0 Å². The minimum Gasteiger partial charge on any atom is -0.311 e. The zero-order chi connectivity index (χ0) is 13.7. The van der Waals surface area contributed by atoms with Gasteiger partial charge in [0.25, 0.3) is 0 Å². The molecule has 106 valence electrons. The van der Waals surface area contributed by atoms with Gasteiger partial charge in [0.05, 0.1) is 0 Å². The molecule has 3 heteroatoms. The van der Waals surface area contributed by atoms with Gasteiger partial charge in [-0.05, 0) is 49.9 Å². The predicted molar refractivity (Wildman–Crippen MR) is 84.3 cm³/mol. The van der Waals surface area contributed by atoms with Crippen molar-refractivity contribution < 1.29 is 0 Å². The third kappa shape index (κ3) is 3.87. The summed E-state index contributed by atoms with van der Waals surface area (Å²) in [6.07, 6.45) is 8.46. The first-order valence-electron chi connectivity index (χ1n) is 7.35. The number of benzene rings is 1. The Morgan fingerprint density at radius 1 is 1.16 bits per heavy atom. The van der Waals surface area contributed by atoms with E-state index in [1.807, 2.05) is 18.2 Å². The first-order chi connectivity index (χ1) is 9.17. The molecule has 1 aromatic carbocycles. The normalized spacial score (nSPS) is 24.2. The molecule has 1 aliphatic heterocycles. The SMILES string of the molecule is CCCC1(Cc2c(Cl)cccc2Cl)CCCCCN1. The Balaban J connectivity index is 2.24. The molecule has 0 radical (unpaired) electrons. The van der Waals surface area contributed by atoms with Gasteiger partial charge >= 0.3 is 0 Å². The number of halogens is 2. The molecule has 0 aliphatic carbocycles. The van der Waals surface area contributed by atoms with Crippen LogP contribution in [0.1, 0.15) is 51.0 Å². The maximum absolute atomic E-state index is 6.34. The van der Waals surface area contributed by atoms with E-state index in [1.165, 1.54) is 38.5 Å². The Morgan fingerprint density at radius 3 is 2.58 bits per heavy atom. The van der Waals surface area contributed by atoms with Crippen LogP contribution in [0.5, 0.6) is 0 Å². The monoisotopic (exact) mass is 299 g/mol. The summed E-state index contributed by atoms with van der Waals surface area (Å²) >= 11 is 12.7. The van der Waals surface area contributed by atoms with E-state index in [1.54, 1.807) is 0 Å². The van der Waals surface area contributed by atoms with E-state index in [0.29, 0.717) is 0 Å². The van der Waals surface area contributed by atoms with Gasteiger partial charge in [0.1, 0.15) is 0 Å². The third-order valence-electron chi connectivity index (χ3n) is 4.14. The lowest BCUT2D eigenvalue weighted by Gasteiger charge is -2.34. The number of nitrogens with one attached hydrogen (secondary N) is 1. The lowest BCUT2D eigenvalue weighted by molar-refractivity contribution is 0.288. The molecule has 2 rings (SSSR count). The van der Waals surface area contributed by atoms with Crippen molar-refractivity contribution in [2.24, 2.45) is 0 Å². The van der Waals surface area contributed by atoms with E-state index < -0.39 is 0 Å². The van der Waals surface area contributed by atoms with Gasteiger partial charge in [-0.15, -0.1) is 0 Å². The van der Waals surface area contributed by atoms with Crippen LogP contribution < -0.4 is 5.32 Å². The summed E-state index contributed by atoms with van der Waals surface area (Å²) in [5, 5.41) is 5.38. The van der Waals surface area contributed by atoms with Gasteiger partial charge in [-0.1, -0.05) is 55.5 Å². The van der Waals surface area contributed by atoms with Crippen LogP contribution in [0.3, 0.4) is 0 Å². The molecule has 1 N–H and O–H groups in total. The van der Waals surface area contributed by atoms with Gasteiger partial charge in [-0.3, -0.25) is 0 Å². The molecule has 1 unspecified atom stereocenters. The molecule has 19 heavy (non-hydrogen) atoms. The van der Waals surface area contributed by atoms with Crippen molar-refractivity contribution in [2.75, 3.05) is 6.54 Å². The average molecular weight is 300 g/mol. The Bertz CT molecular complexity index is 389. The lowest BCUT2D eigenvalue weighted by Crippen LogP contribution is -2.46. The molecule has 1 fully saturated rings. The molecule has 0 aromatic heterocycles. The number of rotatable bonds is 4. The molecule has 0 amide bonds. The average Bonchev–Trinajstić information content (AvgIpc) is 2.61. The molecule has 1 nitrogen and oxygen atoms in total. The number of hydrogen-bond donors (Lipinski definition) is 1. The summed E-state index contributed by atoms with van der Waals surface area (Å²) < 4.78 is 0. The Kier molecular flexibility index (Phi) is 5.56. The minimum atomic E-state index is 0.180. The van der Waals surface area contributed by atoms with E-state index >= 15 is 0 Å². The van der Waals surface area contributed by atoms with Crippen LogP contribution in [0, 0.1) is 0 Å². The second-order valence-electron chi connectivity index (χ2n) is 5.64. The third-order valence-corrected chi connectivity index (χ3v) is 4.85. The van der Waals surface area contributed by atoms with Crippen LogP contribution in [-0.4, -0.2) is 12.1 Å². The zero-order valence-electron chi connectivity index (χ0n) is 11.6. The van der Waals surface area contributed by atoms with Gasteiger partial charge < -0.3 is 5.32 Å². The maximum Gasteiger partial charge on any atom is 0.0453 e. The maximum atomic E-state index is 6.34. The van der Waals surface area contributed by atoms with Crippen LogP contribution in [0.4, 0.5) is 0 Å². The van der Waals surface area contributed by atoms with Crippen LogP contribution in [0.25, 0.3) is 0 Å². The smallest absolute Gasteiger partial charge is 0.0453 e. The molecule has 1 aromatic rings. The zero-order valence-corrected chi connectivity index (χ0v) is 13.2. The fourth-order valence-electron chi connectivity index (χ4n) is 3.18. The predicted octanol–water partition coefficient (Wildman–Crippen LogP) is 5.24. The van der Waals surface area contributed by atoms with Crippen LogP contribution in [0.15, 0.2) is 18.2 Å². The molecule has 1 heterocycles. The van der Waals surface area contributed by atoms with E-state index in [2.05, 4.69) is 12.2 Å². The van der Waals surface area contributed by atoms with Gasteiger partial charge in [-0.2, -0.15) is 0 Å². The van der Waals surface area contributed by atoms with Crippen LogP contribution >= 0.6 is 23.2 Å². The van der Waals surface area contributed by atoms with Crippen molar-refractivity contribution in [3.63, 3.8) is 0 Å². The van der Waals surface area contributed by atoms with Crippen molar-refractivity contribution in [2.45, 2.75) is 57.4 Å². The van der Waals surface area contributed by atoms with Crippen molar-refractivity contribution in [1.82, 2.24) is 5.32 Å². The molecule has 1 atom stereocenters. The summed E-state index contributed by atoms with van der Waals surface area (Å²) in [6.45, 7) is 3.37. The molecular formula is C16H23Cl2N. The molecular weight excluding hydrogens is 277 g/mol. The first-order valence-corrected chi connectivity index (χ1v) is 8.10. The largest absolute Gasteiger partial charge is 0.311 e. The summed E-state index contributed by atoms with van der Waals surface area (Å²) in [7, 11) is 0. The highest BCUT2D eigenvalue weighted by Gasteiger charge is 2.31. The summed E-state index contributed by atoms with van der Waals surface area (Å²) in [6, 6.07) is 5.80. The van der Waals surface area contributed by atoms with Crippen molar-refractivity contribution >= 4 is 23.2 Å². The minimum absolute atomic E-state index is 0.180. The van der Waals surface area contributed by atoms with E-state index in [0.717, 1.165) is 28.6 Å². The summed E-state index contributed by atoms with van der Waals surface area (Å²) in [4.78, 5) is 0. The van der Waals surface area contributed by atoms with Crippen molar-refractivity contribution in [3.8, 4) is 0 Å². The molecule has 1 aliphatic rings. The topological polar surface area (TPSA) is 12.0 Å². The van der Waals surface area contributed by atoms with Gasteiger partial charge in [-0.25, -0.2) is 0 Å². The van der Waals surface area contributed by atoms with Crippen LogP contribution in [0.2, 0.25) is 10.0 Å². The fourth-order valence-corrected chi connectivity index (χ4v) is 3.71. The molecule has 1 saturated heterocycles. The highest BCUT2D eigenvalue weighted by Crippen LogP contribution is 2.33. The fraction of sp³-hybridized carbons (Fsp3) is 0.625. The van der Waals surface area contributed by atoms with E-state index in [4.69, 9.17) is 23.2 Å². The number of hydrogen-bond acceptors (Lipinski definition) is 1. The van der Waals surface area contributed by atoms with E-state index in [-0.39, 0.29) is 5.54 Å². The standard InChI is InChI=1S/C16H23Cl2N/c1-2-9-16(10-4-3-5-11-19-16)12-13-14(17)7-6-8-15(13)18/h6-8,19H,2-5,9-12H2,1H3. The Morgan fingerprint density at radius 2 is 1.89 bits per heavy atom. The van der Waals surface area contributed by atoms with Crippen LogP contribution in [-0.2, 0) is 6.42 Å². The van der Waals surface area contributed by atoms with Gasteiger partial charge in [0, 0.05) is 15.6 Å². The lowest BCUT2D eigenvalue weighted by atomic mass is 9.82. The Hall–Kier alpha value is -0.240. The second-order valence-corrected chi connectivity index (χ2v) is 6.46. The summed E-state index contributed by atoms with van der Waals surface area (Å²) in [5.41, 5.74) is 1.29. The molecule has 0 bridgehead atoms. The quantitative estimate of drug-likeness (QED) is 0.802. The molecule has 0 saturated carbocycles. The Labute approximate surface area is 126 Å². The second kappa shape index (κ2) is 6.97. The van der Waals surface area contributed by atoms with E-state index in [9.17, 15) is 0 Å². The van der Waals surface area contributed by atoms with Crippen molar-refractivity contribution in [1.29, 1.82) is 0 Å².